The van der Waals surface area contributed by atoms with Gasteiger partial charge in [0, 0.05) is 26.4 Å². The molecule has 1 aromatic carbocycles. The average Bonchev–Trinajstić information content (AvgIpc) is 2.84. The molecule has 1 aliphatic rings. The van der Waals surface area contributed by atoms with Crippen molar-refractivity contribution < 1.29 is 19.2 Å². The fourth-order valence-corrected chi connectivity index (χ4v) is 2.23. The first-order valence-electron chi connectivity index (χ1n) is 6.99. The van der Waals surface area contributed by atoms with E-state index in [-0.39, 0.29) is 12.7 Å². The molecule has 2 rings (SSSR count). The van der Waals surface area contributed by atoms with Crippen LogP contribution in [0.4, 0.5) is 0 Å². The summed E-state index contributed by atoms with van der Waals surface area (Å²) in [5.74, 6) is 1.65. The number of carbonyl (C=O) groups excluding carboxylic acids is 1. The maximum Gasteiger partial charge on any atom is 0.231 e. The summed E-state index contributed by atoms with van der Waals surface area (Å²) in [6.07, 6.45) is 1.01. The number of hydrogen-bond donors (Lipinski definition) is 1. The molecule has 20 heavy (non-hydrogen) atoms. The lowest BCUT2D eigenvalue weighted by atomic mass is 10.2. The number of fused-ring (bicyclic) bond motifs is 1. The number of hydrogen-bond acceptors (Lipinski definition) is 3. The Morgan fingerprint density at radius 1 is 1.30 bits per heavy atom. The third-order valence-electron chi connectivity index (χ3n) is 3.36. The summed E-state index contributed by atoms with van der Waals surface area (Å²) in [4.78, 5) is 15.0. The minimum atomic E-state index is 0.108. The minimum absolute atomic E-state index is 0.108. The highest BCUT2D eigenvalue weighted by atomic mass is 16.7. The Bertz CT molecular complexity index is 474. The van der Waals surface area contributed by atoms with E-state index in [4.69, 9.17) is 9.47 Å². The normalized spacial score (nSPS) is 12.8. The lowest BCUT2D eigenvalue weighted by Gasteiger charge is -2.21. The van der Waals surface area contributed by atoms with E-state index in [0.717, 1.165) is 36.6 Å². The van der Waals surface area contributed by atoms with E-state index in [9.17, 15) is 4.79 Å². The molecule has 0 atom stereocenters. The Morgan fingerprint density at radius 2 is 2.05 bits per heavy atom. The largest absolute Gasteiger partial charge is 0.454 e. The van der Waals surface area contributed by atoms with E-state index in [1.807, 2.05) is 23.1 Å². The Labute approximate surface area is 120 Å². The van der Waals surface area contributed by atoms with Gasteiger partial charge in [-0.3, -0.25) is 4.79 Å². The number of carbonyl (C=O) groups is 1. The van der Waals surface area contributed by atoms with Crippen LogP contribution in [0.3, 0.4) is 0 Å². The molecular weight excluding hydrogens is 256 g/mol. The number of benzene rings is 1. The van der Waals surface area contributed by atoms with E-state index in [0.29, 0.717) is 6.54 Å². The topological polar surface area (TPSA) is 43.2 Å². The van der Waals surface area contributed by atoms with Gasteiger partial charge in [0.25, 0.3) is 0 Å². The van der Waals surface area contributed by atoms with Crippen LogP contribution in [0.15, 0.2) is 18.2 Å². The van der Waals surface area contributed by atoms with Gasteiger partial charge in [-0.1, -0.05) is 6.07 Å². The first-order chi connectivity index (χ1) is 9.56. The zero-order valence-corrected chi connectivity index (χ0v) is 12.4. The van der Waals surface area contributed by atoms with Crippen molar-refractivity contribution in [3.05, 3.63) is 23.8 Å². The second-order valence-electron chi connectivity index (χ2n) is 5.44. The predicted octanol–water partition coefficient (Wildman–Crippen LogP) is 0.298. The van der Waals surface area contributed by atoms with Gasteiger partial charge in [0.05, 0.1) is 20.6 Å². The maximum atomic E-state index is 11.7. The molecule has 5 nitrogen and oxygen atoms in total. The molecule has 5 heteroatoms. The predicted molar refractivity (Wildman–Crippen MR) is 76.0 cm³/mol. The van der Waals surface area contributed by atoms with Crippen LogP contribution in [-0.4, -0.2) is 44.8 Å². The lowest BCUT2D eigenvalue weighted by molar-refractivity contribution is -0.858. The van der Waals surface area contributed by atoms with Crippen molar-refractivity contribution in [2.75, 3.05) is 34.0 Å². The van der Waals surface area contributed by atoms with Gasteiger partial charge in [-0.15, -0.1) is 0 Å². The third kappa shape index (κ3) is 3.87. The highest BCUT2D eigenvalue weighted by molar-refractivity contribution is 5.73. The number of nitrogens with zero attached hydrogens (tertiary/aromatic N) is 1. The van der Waals surface area contributed by atoms with Gasteiger partial charge in [-0.25, -0.2) is 0 Å². The summed E-state index contributed by atoms with van der Waals surface area (Å²) in [6.45, 7) is 4.37. The minimum Gasteiger partial charge on any atom is -0.454 e. The van der Waals surface area contributed by atoms with E-state index in [2.05, 4.69) is 14.1 Å². The van der Waals surface area contributed by atoms with Crippen molar-refractivity contribution in [2.24, 2.45) is 0 Å². The molecule has 1 aliphatic heterocycles. The van der Waals surface area contributed by atoms with Crippen LogP contribution in [0.5, 0.6) is 11.5 Å². The van der Waals surface area contributed by atoms with Crippen LogP contribution >= 0.6 is 0 Å². The lowest BCUT2D eigenvalue weighted by Crippen LogP contribution is -3.05. The van der Waals surface area contributed by atoms with Crippen LogP contribution in [0.2, 0.25) is 0 Å². The van der Waals surface area contributed by atoms with E-state index in [1.165, 1.54) is 4.90 Å². The molecule has 0 fully saturated rings. The zero-order valence-electron chi connectivity index (χ0n) is 12.4. The second-order valence-corrected chi connectivity index (χ2v) is 5.44. The first-order valence-corrected chi connectivity index (χ1v) is 6.99. The molecule has 0 bridgehead atoms. The van der Waals surface area contributed by atoms with Crippen molar-refractivity contribution in [1.82, 2.24) is 4.90 Å². The molecule has 1 heterocycles. The molecule has 0 saturated carbocycles. The highest BCUT2D eigenvalue weighted by Gasteiger charge is 2.15. The molecule has 0 saturated heterocycles. The van der Waals surface area contributed by atoms with Gasteiger partial charge in [0.15, 0.2) is 11.5 Å². The fraction of sp³-hybridized carbons (Fsp3) is 0.533. The molecule has 1 aromatic rings. The van der Waals surface area contributed by atoms with Crippen molar-refractivity contribution in [3.8, 4) is 11.5 Å². The second kappa shape index (κ2) is 6.61. The van der Waals surface area contributed by atoms with E-state index in [1.54, 1.807) is 6.92 Å². The zero-order chi connectivity index (χ0) is 14.5. The molecule has 0 radical (unpaired) electrons. The van der Waals surface area contributed by atoms with Crippen LogP contribution in [-0.2, 0) is 11.3 Å². The fourth-order valence-electron chi connectivity index (χ4n) is 2.23. The number of amides is 1. The molecule has 1 amide bonds. The SMILES string of the molecule is CC(=O)N(CCC[NH+](C)C)Cc1ccc2c(c1)OCO2. The molecule has 0 aliphatic carbocycles. The van der Waals surface area contributed by atoms with Crippen molar-refractivity contribution in [2.45, 2.75) is 19.9 Å². The summed E-state index contributed by atoms with van der Waals surface area (Å²) in [7, 11) is 4.24. The Hall–Kier alpha value is -1.75. The van der Waals surface area contributed by atoms with Gasteiger partial charge in [0.2, 0.25) is 12.7 Å². The summed E-state index contributed by atoms with van der Waals surface area (Å²) < 4.78 is 10.7. The van der Waals surface area contributed by atoms with Crippen LogP contribution in [0.25, 0.3) is 0 Å². The van der Waals surface area contributed by atoms with Gasteiger partial charge >= 0.3 is 0 Å². The quantitative estimate of drug-likeness (QED) is 0.814. The summed E-state index contributed by atoms with van der Waals surface area (Å²) in [5, 5.41) is 0. The van der Waals surface area contributed by atoms with Gasteiger partial charge in [0.1, 0.15) is 0 Å². The molecule has 0 unspecified atom stereocenters. The molecule has 0 aromatic heterocycles. The van der Waals surface area contributed by atoms with Crippen LogP contribution in [0.1, 0.15) is 18.9 Å². The van der Waals surface area contributed by atoms with E-state index >= 15 is 0 Å². The number of nitrogens with one attached hydrogen (secondary N) is 1. The summed E-state index contributed by atoms with van der Waals surface area (Å²) >= 11 is 0. The number of ether oxygens (including phenoxy) is 2. The molecule has 0 spiro atoms. The van der Waals surface area contributed by atoms with Crippen molar-refractivity contribution in [3.63, 3.8) is 0 Å². The molecule has 110 valence electrons. The Morgan fingerprint density at radius 3 is 2.75 bits per heavy atom. The molecular formula is C15H23N2O3+. The summed E-state index contributed by atoms with van der Waals surface area (Å²) in [6, 6.07) is 5.84. The smallest absolute Gasteiger partial charge is 0.231 e. The standard InChI is InChI=1S/C15H22N2O3/c1-12(18)17(8-4-7-16(2)3)10-13-5-6-14-15(9-13)20-11-19-14/h5-6,9H,4,7-8,10-11H2,1-3H3/p+1. The number of quaternary nitrogens is 1. The first kappa shape index (κ1) is 14.7. The monoisotopic (exact) mass is 279 g/mol. The van der Waals surface area contributed by atoms with Gasteiger partial charge in [-0.2, -0.15) is 0 Å². The molecule has 1 N–H and O–H groups in total. The van der Waals surface area contributed by atoms with Gasteiger partial charge in [-0.05, 0) is 17.7 Å². The number of rotatable bonds is 6. The third-order valence-corrected chi connectivity index (χ3v) is 3.36. The summed E-state index contributed by atoms with van der Waals surface area (Å²) in [5.41, 5.74) is 1.07. The van der Waals surface area contributed by atoms with Crippen LogP contribution < -0.4 is 14.4 Å². The maximum absolute atomic E-state index is 11.7. The Balaban J connectivity index is 1.95. The Kier molecular flexibility index (Phi) is 4.84. The average molecular weight is 279 g/mol. The van der Waals surface area contributed by atoms with Crippen molar-refractivity contribution in [1.29, 1.82) is 0 Å². The van der Waals surface area contributed by atoms with E-state index < -0.39 is 0 Å². The van der Waals surface area contributed by atoms with Gasteiger partial charge < -0.3 is 19.3 Å². The van der Waals surface area contributed by atoms with Crippen molar-refractivity contribution >= 4 is 5.91 Å². The highest BCUT2D eigenvalue weighted by Crippen LogP contribution is 2.32. The van der Waals surface area contributed by atoms with Crippen LogP contribution in [0, 0.1) is 0 Å².